The number of alkyl halides is 3. The van der Waals surface area contributed by atoms with E-state index in [0.717, 1.165) is 31.6 Å². The Balaban J connectivity index is 1.24. The van der Waals surface area contributed by atoms with E-state index in [1.165, 1.54) is 24.3 Å². The summed E-state index contributed by atoms with van der Waals surface area (Å²) in [6.45, 7) is 3.09. The summed E-state index contributed by atoms with van der Waals surface area (Å²) in [5.74, 6) is 0.793. The Bertz CT molecular complexity index is 978. The number of nitrogens with one attached hydrogen (secondary N) is 1. The highest BCUT2D eigenvalue weighted by Gasteiger charge is 2.45. The van der Waals surface area contributed by atoms with E-state index in [4.69, 9.17) is 14.2 Å². The molecule has 0 bridgehead atoms. The molecule has 2 heterocycles. The molecule has 0 unspecified atom stereocenters. The smallest absolute Gasteiger partial charge is 0.490 e. The lowest BCUT2D eigenvalue weighted by Gasteiger charge is -2.34. The van der Waals surface area contributed by atoms with Crippen molar-refractivity contribution in [3.63, 3.8) is 0 Å². The summed E-state index contributed by atoms with van der Waals surface area (Å²) in [5, 5.41) is 12.2. The number of hydrogen-bond acceptors (Lipinski definition) is 7. The van der Waals surface area contributed by atoms with Crippen molar-refractivity contribution in [1.29, 1.82) is 0 Å². The number of rotatable bonds is 7. The Morgan fingerprint density at radius 2 is 1.65 bits per heavy atom. The van der Waals surface area contributed by atoms with Gasteiger partial charge in [-0.05, 0) is 55.5 Å². The topological polar surface area (TPSA) is 89.5 Å². The Morgan fingerprint density at radius 3 is 2.21 bits per heavy atom. The first-order valence-corrected chi connectivity index (χ1v) is 10.8. The van der Waals surface area contributed by atoms with Gasteiger partial charge in [-0.15, -0.1) is 13.2 Å². The third-order valence-electron chi connectivity index (χ3n) is 5.69. The maximum absolute atomic E-state index is 12.3. The molecule has 1 amide bonds. The number of aliphatic hydroxyl groups excluding tert-OH is 1. The predicted molar refractivity (Wildman–Crippen MR) is 115 cm³/mol. The van der Waals surface area contributed by atoms with Crippen molar-refractivity contribution in [2.45, 2.75) is 44.1 Å². The van der Waals surface area contributed by atoms with Crippen molar-refractivity contribution in [3.05, 3.63) is 48.5 Å². The van der Waals surface area contributed by atoms with Crippen LogP contribution in [0, 0.1) is 0 Å². The van der Waals surface area contributed by atoms with E-state index < -0.39 is 24.3 Å². The predicted octanol–water partition coefficient (Wildman–Crippen LogP) is 3.83. The summed E-state index contributed by atoms with van der Waals surface area (Å²) < 4.78 is 57.3. The van der Waals surface area contributed by atoms with Gasteiger partial charge in [-0.3, -0.25) is 5.32 Å². The molecular weight excluding hydrogens is 457 g/mol. The van der Waals surface area contributed by atoms with Gasteiger partial charge in [0.1, 0.15) is 30.0 Å². The van der Waals surface area contributed by atoms with Gasteiger partial charge in [0, 0.05) is 31.6 Å². The summed E-state index contributed by atoms with van der Waals surface area (Å²) in [5.41, 5.74) is -0.150. The van der Waals surface area contributed by atoms with Gasteiger partial charge in [0.05, 0.1) is 0 Å². The molecule has 34 heavy (non-hydrogen) atoms. The monoisotopic (exact) mass is 482 g/mol. The molecule has 2 aromatic rings. The van der Waals surface area contributed by atoms with Gasteiger partial charge >= 0.3 is 12.5 Å². The van der Waals surface area contributed by atoms with Gasteiger partial charge in [0.25, 0.3) is 0 Å². The number of carbonyl (C=O) groups is 1. The highest BCUT2D eigenvalue weighted by molar-refractivity contribution is 5.70. The van der Waals surface area contributed by atoms with Crippen LogP contribution in [0.3, 0.4) is 0 Å². The number of piperidine rings is 1. The molecule has 2 N–H and O–H groups in total. The Kier molecular flexibility index (Phi) is 6.65. The van der Waals surface area contributed by atoms with E-state index in [-0.39, 0.29) is 18.5 Å². The fourth-order valence-electron chi connectivity index (χ4n) is 3.79. The van der Waals surface area contributed by atoms with E-state index in [1.807, 2.05) is 24.3 Å². The summed E-state index contributed by atoms with van der Waals surface area (Å²) in [4.78, 5) is 13.5. The lowest BCUT2D eigenvalue weighted by atomic mass is 10.1. The van der Waals surface area contributed by atoms with Crippen molar-refractivity contribution in [2.75, 3.05) is 24.6 Å². The van der Waals surface area contributed by atoms with Crippen LogP contribution in [0.25, 0.3) is 0 Å². The van der Waals surface area contributed by atoms with Gasteiger partial charge < -0.3 is 29.0 Å². The van der Waals surface area contributed by atoms with Crippen molar-refractivity contribution < 1.29 is 42.0 Å². The summed E-state index contributed by atoms with van der Waals surface area (Å²) >= 11 is 0. The standard InChI is InChI=1S/C23H25F3N2O6/c1-22(20(29)27-21(30)34-22)14-31-16-4-2-15(3-5-16)28-12-10-18(11-13-28)32-17-6-8-19(9-7-17)33-23(24,25)26/h2-9,18,20,29H,10-14H2,1H3,(H,27,30)/t20-,22+/m1/s1. The van der Waals surface area contributed by atoms with Crippen LogP contribution >= 0.6 is 0 Å². The van der Waals surface area contributed by atoms with Gasteiger partial charge in [0.15, 0.2) is 11.8 Å². The van der Waals surface area contributed by atoms with Gasteiger partial charge in [-0.2, -0.15) is 0 Å². The maximum Gasteiger partial charge on any atom is 0.573 e. The van der Waals surface area contributed by atoms with Crippen molar-refractivity contribution in [1.82, 2.24) is 5.32 Å². The third-order valence-corrected chi connectivity index (χ3v) is 5.69. The van der Waals surface area contributed by atoms with E-state index in [9.17, 15) is 23.1 Å². The number of nitrogens with zero attached hydrogens (tertiary/aromatic N) is 1. The molecule has 0 aliphatic carbocycles. The van der Waals surface area contributed by atoms with Gasteiger partial charge in [-0.25, -0.2) is 4.79 Å². The average molecular weight is 482 g/mol. The quantitative estimate of drug-likeness (QED) is 0.620. The van der Waals surface area contributed by atoms with Crippen LogP contribution in [-0.2, 0) is 4.74 Å². The first-order chi connectivity index (χ1) is 16.1. The number of carbonyl (C=O) groups excluding carboxylic acids is 1. The maximum atomic E-state index is 12.3. The van der Waals surface area contributed by atoms with Crippen molar-refractivity contribution >= 4 is 11.8 Å². The lowest BCUT2D eigenvalue weighted by Crippen LogP contribution is -2.45. The number of ether oxygens (including phenoxy) is 4. The molecular formula is C23H25F3N2O6. The number of benzene rings is 2. The molecule has 2 fully saturated rings. The van der Waals surface area contributed by atoms with Crippen LogP contribution in [-0.4, -0.2) is 55.2 Å². The Hall–Kier alpha value is -3.34. The molecule has 4 rings (SSSR count). The molecule has 0 spiro atoms. The molecule has 2 aliphatic rings. The number of hydrogen-bond donors (Lipinski definition) is 2. The molecule has 2 aliphatic heterocycles. The highest BCUT2D eigenvalue weighted by Crippen LogP contribution is 2.29. The van der Waals surface area contributed by atoms with E-state index >= 15 is 0 Å². The third kappa shape index (κ3) is 5.96. The second-order valence-corrected chi connectivity index (χ2v) is 8.36. The van der Waals surface area contributed by atoms with Gasteiger partial charge in [0.2, 0.25) is 0 Å². The molecule has 0 aromatic heterocycles. The highest BCUT2D eigenvalue weighted by atomic mass is 19.4. The summed E-state index contributed by atoms with van der Waals surface area (Å²) in [7, 11) is 0. The zero-order valence-corrected chi connectivity index (χ0v) is 18.4. The molecule has 0 radical (unpaired) electrons. The number of aliphatic hydroxyl groups is 1. The van der Waals surface area contributed by atoms with Gasteiger partial charge in [-0.1, -0.05) is 0 Å². The normalized spacial score (nSPS) is 23.3. The molecule has 11 heteroatoms. The molecule has 0 saturated carbocycles. The van der Waals surface area contributed by atoms with Crippen molar-refractivity contribution in [2.24, 2.45) is 0 Å². The van der Waals surface area contributed by atoms with E-state index in [0.29, 0.717) is 11.5 Å². The van der Waals surface area contributed by atoms with Crippen LogP contribution in [0.2, 0.25) is 0 Å². The SMILES string of the molecule is C[C@@]1(COc2ccc(N3CCC(Oc4ccc(OC(F)(F)F)cc4)CC3)cc2)OC(=O)N[C@@H]1O. The number of anilines is 1. The van der Waals surface area contributed by atoms with Crippen molar-refractivity contribution in [3.8, 4) is 17.2 Å². The number of alkyl carbamates (subject to hydrolysis) is 1. The fraction of sp³-hybridized carbons (Fsp3) is 0.435. The van der Waals surface area contributed by atoms with Crippen LogP contribution in [0.4, 0.5) is 23.7 Å². The summed E-state index contributed by atoms with van der Waals surface area (Å²) in [6.07, 6.45) is -5.07. The minimum atomic E-state index is -4.72. The molecule has 2 atom stereocenters. The first kappa shape index (κ1) is 23.8. The number of halogens is 3. The summed E-state index contributed by atoms with van der Waals surface area (Å²) in [6, 6.07) is 12.9. The average Bonchev–Trinajstić information content (AvgIpc) is 3.05. The van der Waals surface area contributed by atoms with Crippen LogP contribution in [0.15, 0.2) is 48.5 Å². The Morgan fingerprint density at radius 1 is 1.06 bits per heavy atom. The van der Waals surface area contributed by atoms with Crippen LogP contribution in [0.1, 0.15) is 19.8 Å². The largest absolute Gasteiger partial charge is 0.573 e. The number of amides is 1. The minimum Gasteiger partial charge on any atom is -0.490 e. The molecule has 2 aromatic carbocycles. The van der Waals surface area contributed by atoms with E-state index in [1.54, 1.807) is 6.92 Å². The molecule has 184 valence electrons. The number of cyclic esters (lactones) is 1. The zero-order chi connectivity index (χ0) is 24.3. The lowest BCUT2D eigenvalue weighted by molar-refractivity contribution is -0.274. The first-order valence-electron chi connectivity index (χ1n) is 10.8. The van der Waals surface area contributed by atoms with Crippen LogP contribution < -0.4 is 24.4 Å². The fourth-order valence-corrected chi connectivity index (χ4v) is 3.79. The Labute approximate surface area is 194 Å². The zero-order valence-electron chi connectivity index (χ0n) is 18.4. The molecule has 8 nitrogen and oxygen atoms in total. The van der Waals surface area contributed by atoms with E-state index in [2.05, 4.69) is 15.0 Å². The second-order valence-electron chi connectivity index (χ2n) is 8.36. The molecule has 2 saturated heterocycles. The second kappa shape index (κ2) is 9.49. The van der Waals surface area contributed by atoms with Crippen LogP contribution in [0.5, 0.6) is 17.2 Å². The minimum absolute atomic E-state index is 0.00169.